The zero-order valence-electron chi connectivity index (χ0n) is 18.6. The minimum Gasteiger partial charge on any atom is -0.423 e. The highest BCUT2D eigenvalue weighted by Gasteiger charge is 2.31. The topological polar surface area (TPSA) is 104 Å². The Hall–Kier alpha value is -3.01. The molecule has 0 fully saturated rings. The summed E-state index contributed by atoms with van der Waals surface area (Å²) in [5.41, 5.74) is 4.92. The van der Waals surface area contributed by atoms with E-state index < -0.39 is 7.12 Å². The van der Waals surface area contributed by atoms with Crippen molar-refractivity contribution < 1.29 is 14.8 Å². The Labute approximate surface area is 188 Å². The second-order valence-corrected chi connectivity index (χ2v) is 7.97. The average molecular weight is 433 g/mol. The molecule has 8 nitrogen and oxygen atoms in total. The van der Waals surface area contributed by atoms with Gasteiger partial charge in [0.05, 0.1) is 6.61 Å². The summed E-state index contributed by atoms with van der Waals surface area (Å²) in [5.74, 6) is 1.83. The van der Waals surface area contributed by atoms with Crippen molar-refractivity contribution in [1.82, 2.24) is 15.0 Å². The van der Waals surface area contributed by atoms with Crippen molar-refractivity contribution in [2.45, 2.75) is 45.9 Å². The maximum absolute atomic E-state index is 9.41. The predicted octanol–water partition coefficient (Wildman–Crippen LogP) is 1.95. The second kappa shape index (κ2) is 9.64. The number of anilines is 3. The van der Waals surface area contributed by atoms with Crippen LogP contribution < -0.4 is 15.7 Å². The molecule has 1 aliphatic rings. The van der Waals surface area contributed by atoms with Crippen LogP contribution in [0.4, 0.5) is 17.6 Å². The van der Waals surface area contributed by atoms with Crippen molar-refractivity contribution in [3.8, 4) is 0 Å². The lowest BCUT2D eigenvalue weighted by Gasteiger charge is -2.23. The van der Waals surface area contributed by atoms with Crippen LogP contribution in [-0.2, 0) is 30.7 Å². The van der Waals surface area contributed by atoms with E-state index in [0.717, 1.165) is 17.7 Å². The molecule has 2 aromatic carbocycles. The van der Waals surface area contributed by atoms with Crippen molar-refractivity contribution in [2.75, 3.05) is 17.3 Å². The fourth-order valence-electron chi connectivity index (χ4n) is 4.10. The molecule has 0 saturated heterocycles. The second-order valence-electron chi connectivity index (χ2n) is 7.97. The van der Waals surface area contributed by atoms with E-state index in [1.807, 2.05) is 19.1 Å². The molecule has 1 aliphatic heterocycles. The van der Waals surface area contributed by atoms with Gasteiger partial charge in [0.25, 0.3) is 0 Å². The number of nitrogens with zero attached hydrogens (tertiary/aromatic N) is 4. The first-order valence-corrected chi connectivity index (χ1v) is 10.8. The van der Waals surface area contributed by atoms with Crippen molar-refractivity contribution >= 4 is 30.2 Å². The van der Waals surface area contributed by atoms with Gasteiger partial charge in [-0.3, -0.25) is 0 Å². The third-order valence-corrected chi connectivity index (χ3v) is 5.65. The Morgan fingerprint density at radius 1 is 1.16 bits per heavy atom. The van der Waals surface area contributed by atoms with Gasteiger partial charge in [0.15, 0.2) is 0 Å². The van der Waals surface area contributed by atoms with Crippen LogP contribution in [0.5, 0.6) is 0 Å². The molecule has 2 heterocycles. The standard InChI is InChI=1S/C23H28BN5O3/c1-4-21-26-22(25-13-16-7-5-9-18(12-16)24(30)31)28-23(27-21)29-15(2)11-19-17(14-32-3)8-6-10-20(19)29/h5-10,12,15,30-31H,4,11,13-14H2,1-3H3,(H,25,26,27,28). The largest absolute Gasteiger partial charge is 0.488 e. The van der Waals surface area contributed by atoms with Crippen LogP contribution in [0.25, 0.3) is 0 Å². The highest BCUT2D eigenvalue weighted by Crippen LogP contribution is 2.38. The van der Waals surface area contributed by atoms with Crippen molar-refractivity contribution in [1.29, 1.82) is 0 Å². The quantitative estimate of drug-likeness (QED) is 0.464. The predicted molar refractivity (Wildman–Crippen MR) is 125 cm³/mol. The molecule has 1 unspecified atom stereocenters. The number of rotatable bonds is 8. The maximum Gasteiger partial charge on any atom is 0.488 e. The molecule has 1 aromatic heterocycles. The van der Waals surface area contributed by atoms with Gasteiger partial charge < -0.3 is 25.0 Å². The number of nitrogens with one attached hydrogen (secondary N) is 1. The van der Waals surface area contributed by atoms with E-state index in [9.17, 15) is 10.0 Å². The molecule has 3 aromatic rings. The van der Waals surface area contributed by atoms with E-state index in [2.05, 4.69) is 34.3 Å². The van der Waals surface area contributed by atoms with Gasteiger partial charge in [-0.15, -0.1) is 0 Å². The van der Waals surface area contributed by atoms with Crippen molar-refractivity contribution in [3.63, 3.8) is 0 Å². The van der Waals surface area contributed by atoms with Crippen LogP contribution in [0.1, 0.15) is 36.4 Å². The fraction of sp³-hybridized carbons (Fsp3) is 0.348. The Morgan fingerprint density at radius 3 is 2.72 bits per heavy atom. The SMILES string of the molecule is CCc1nc(NCc2cccc(B(O)O)c2)nc(N2c3cccc(COC)c3CC2C)n1. The molecular formula is C23H28BN5O3. The highest BCUT2D eigenvalue weighted by molar-refractivity contribution is 6.58. The number of ether oxygens (including phenoxy) is 1. The fourth-order valence-corrected chi connectivity index (χ4v) is 4.10. The monoisotopic (exact) mass is 433 g/mol. The lowest BCUT2D eigenvalue weighted by Crippen LogP contribution is -2.30. The number of fused-ring (bicyclic) bond motifs is 1. The number of methoxy groups -OCH3 is 1. The Bertz CT molecular complexity index is 1090. The van der Waals surface area contributed by atoms with Gasteiger partial charge in [-0.25, -0.2) is 0 Å². The van der Waals surface area contributed by atoms with Gasteiger partial charge in [-0.2, -0.15) is 15.0 Å². The summed E-state index contributed by atoms with van der Waals surface area (Å²) in [6.07, 6.45) is 1.59. The van der Waals surface area contributed by atoms with Crippen LogP contribution >= 0.6 is 0 Å². The summed E-state index contributed by atoms with van der Waals surface area (Å²) in [5, 5.41) is 22.1. The Morgan fingerprint density at radius 2 is 1.97 bits per heavy atom. The molecule has 9 heteroatoms. The lowest BCUT2D eigenvalue weighted by atomic mass is 9.80. The van der Waals surface area contributed by atoms with Crippen LogP contribution in [-0.4, -0.2) is 45.3 Å². The first-order valence-electron chi connectivity index (χ1n) is 10.8. The normalized spacial score (nSPS) is 15.0. The van der Waals surface area contributed by atoms with E-state index in [0.29, 0.717) is 42.8 Å². The third kappa shape index (κ3) is 4.60. The molecule has 0 bridgehead atoms. The van der Waals surface area contributed by atoms with Crippen LogP contribution in [0.15, 0.2) is 42.5 Å². The van der Waals surface area contributed by atoms with Gasteiger partial charge in [0, 0.05) is 31.8 Å². The van der Waals surface area contributed by atoms with E-state index in [4.69, 9.17) is 14.7 Å². The van der Waals surface area contributed by atoms with Crippen LogP contribution in [0.2, 0.25) is 0 Å². The number of hydrogen-bond acceptors (Lipinski definition) is 8. The average Bonchev–Trinajstić information content (AvgIpc) is 3.14. The first-order chi connectivity index (χ1) is 15.5. The maximum atomic E-state index is 9.41. The molecule has 0 saturated carbocycles. The number of hydrogen-bond donors (Lipinski definition) is 3. The molecule has 0 radical (unpaired) electrons. The third-order valence-electron chi connectivity index (χ3n) is 5.65. The molecule has 3 N–H and O–H groups in total. The summed E-state index contributed by atoms with van der Waals surface area (Å²) < 4.78 is 5.38. The first kappa shape index (κ1) is 22.2. The minimum absolute atomic E-state index is 0.214. The summed E-state index contributed by atoms with van der Waals surface area (Å²) in [6, 6.07) is 13.6. The molecule has 0 aliphatic carbocycles. The number of benzene rings is 2. The van der Waals surface area contributed by atoms with Crippen molar-refractivity contribution in [2.24, 2.45) is 0 Å². The lowest BCUT2D eigenvalue weighted by molar-refractivity contribution is 0.184. The van der Waals surface area contributed by atoms with Gasteiger partial charge >= 0.3 is 7.12 Å². The molecular weight excluding hydrogens is 405 g/mol. The molecule has 0 amide bonds. The van der Waals surface area contributed by atoms with Gasteiger partial charge in [-0.05, 0) is 41.6 Å². The minimum atomic E-state index is -1.50. The molecule has 1 atom stereocenters. The van der Waals surface area contributed by atoms with Crippen LogP contribution in [0.3, 0.4) is 0 Å². The summed E-state index contributed by atoms with van der Waals surface area (Å²) in [7, 11) is 0.217. The molecule has 4 rings (SSSR count). The summed E-state index contributed by atoms with van der Waals surface area (Å²) in [4.78, 5) is 16.2. The van der Waals surface area contributed by atoms with Crippen molar-refractivity contribution in [3.05, 3.63) is 65.0 Å². The smallest absolute Gasteiger partial charge is 0.423 e. The highest BCUT2D eigenvalue weighted by atomic mass is 16.5. The summed E-state index contributed by atoms with van der Waals surface area (Å²) in [6.45, 7) is 5.23. The molecule has 32 heavy (non-hydrogen) atoms. The van der Waals surface area contributed by atoms with Gasteiger partial charge in [0.1, 0.15) is 5.82 Å². The zero-order chi connectivity index (χ0) is 22.7. The zero-order valence-corrected chi connectivity index (χ0v) is 18.6. The number of aryl methyl sites for hydroxylation is 1. The molecule has 166 valence electrons. The van der Waals surface area contributed by atoms with Crippen LogP contribution in [0, 0.1) is 0 Å². The van der Waals surface area contributed by atoms with Gasteiger partial charge in [-0.1, -0.05) is 43.3 Å². The van der Waals surface area contributed by atoms with E-state index in [-0.39, 0.29) is 6.04 Å². The van der Waals surface area contributed by atoms with E-state index >= 15 is 0 Å². The van der Waals surface area contributed by atoms with E-state index in [1.165, 1.54) is 11.1 Å². The Kier molecular flexibility index (Phi) is 6.69. The molecule has 0 spiro atoms. The Balaban J connectivity index is 1.62. The van der Waals surface area contributed by atoms with E-state index in [1.54, 1.807) is 25.3 Å². The van der Waals surface area contributed by atoms with Gasteiger partial charge in [0.2, 0.25) is 11.9 Å². The number of aromatic nitrogens is 3. The summed E-state index contributed by atoms with van der Waals surface area (Å²) >= 11 is 0.